The Morgan fingerprint density at radius 2 is 1.76 bits per heavy atom. The standard InChI is InChI=1S/C17H23FN2O4S/c1-10(2)8-14(17(23)24)20-16(22)11(3)25-9-15(21)19-13-6-4-12(18)5-7-13/h4-7,10-11,14H,8-9H2,1-3H3,(H,19,21)(H,20,22)(H,23,24). The van der Waals surface area contributed by atoms with E-state index in [1.165, 1.54) is 24.3 Å². The maximum atomic E-state index is 12.8. The molecule has 0 aromatic heterocycles. The van der Waals surface area contributed by atoms with Crippen LogP contribution in [0.2, 0.25) is 0 Å². The van der Waals surface area contributed by atoms with Gasteiger partial charge in [-0.1, -0.05) is 13.8 Å². The van der Waals surface area contributed by atoms with Gasteiger partial charge in [-0.2, -0.15) is 0 Å². The molecule has 0 aliphatic carbocycles. The predicted octanol–water partition coefficient (Wildman–Crippen LogP) is 2.50. The Kier molecular flexibility index (Phi) is 8.40. The van der Waals surface area contributed by atoms with Crippen LogP contribution in [-0.2, 0) is 14.4 Å². The van der Waals surface area contributed by atoms with Crippen molar-refractivity contribution < 1.29 is 23.9 Å². The summed E-state index contributed by atoms with van der Waals surface area (Å²) in [4.78, 5) is 35.1. The molecule has 25 heavy (non-hydrogen) atoms. The molecule has 0 spiro atoms. The number of amides is 2. The summed E-state index contributed by atoms with van der Waals surface area (Å²) in [7, 11) is 0. The number of halogens is 1. The monoisotopic (exact) mass is 370 g/mol. The van der Waals surface area contributed by atoms with Crippen LogP contribution in [0.1, 0.15) is 27.2 Å². The SMILES string of the molecule is CC(C)CC(NC(=O)C(C)SCC(=O)Nc1ccc(F)cc1)C(=O)O. The number of hydrogen-bond acceptors (Lipinski definition) is 4. The number of carbonyl (C=O) groups is 3. The summed E-state index contributed by atoms with van der Waals surface area (Å²) in [5.41, 5.74) is 0.465. The minimum Gasteiger partial charge on any atom is -0.480 e. The molecule has 0 aliphatic rings. The molecule has 1 aromatic rings. The van der Waals surface area contributed by atoms with Gasteiger partial charge in [-0.15, -0.1) is 11.8 Å². The molecule has 1 aromatic carbocycles. The summed E-state index contributed by atoms with van der Waals surface area (Å²) in [6.45, 7) is 5.36. The van der Waals surface area contributed by atoms with Crippen LogP contribution in [0.15, 0.2) is 24.3 Å². The van der Waals surface area contributed by atoms with Crippen LogP contribution in [0.3, 0.4) is 0 Å². The first-order valence-corrected chi connectivity index (χ1v) is 8.94. The summed E-state index contributed by atoms with van der Waals surface area (Å²) >= 11 is 1.10. The lowest BCUT2D eigenvalue weighted by atomic mass is 10.0. The van der Waals surface area contributed by atoms with Crippen LogP contribution in [-0.4, -0.2) is 39.9 Å². The average molecular weight is 370 g/mol. The maximum Gasteiger partial charge on any atom is 0.326 e. The molecule has 0 radical (unpaired) electrons. The molecule has 8 heteroatoms. The third-order valence-electron chi connectivity index (χ3n) is 3.28. The van der Waals surface area contributed by atoms with E-state index in [9.17, 15) is 18.8 Å². The van der Waals surface area contributed by atoms with Crippen LogP contribution in [0.5, 0.6) is 0 Å². The molecule has 0 bridgehead atoms. The zero-order valence-corrected chi connectivity index (χ0v) is 15.2. The number of nitrogens with one attached hydrogen (secondary N) is 2. The number of anilines is 1. The van der Waals surface area contributed by atoms with Crippen molar-refractivity contribution in [2.24, 2.45) is 5.92 Å². The first kappa shape index (κ1) is 21.0. The number of carboxylic acids is 1. The van der Waals surface area contributed by atoms with E-state index < -0.39 is 29.0 Å². The van der Waals surface area contributed by atoms with E-state index in [1.54, 1.807) is 6.92 Å². The number of hydrogen-bond donors (Lipinski definition) is 3. The first-order chi connectivity index (χ1) is 11.7. The Morgan fingerprint density at radius 3 is 2.28 bits per heavy atom. The molecule has 0 aliphatic heterocycles. The zero-order valence-electron chi connectivity index (χ0n) is 14.4. The third-order valence-corrected chi connectivity index (χ3v) is 4.43. The Morgan fingerprint density at radius 1 is 1.16 bits per heavy atom. The van der Waals surface area contributed by atoms with E-state index in [-0.39, 0.29) is 17.6 Å². The lowest BCUT2D eigenvalue weighted by Gasteiger charge is -2.19. The lowest BCUT2D eigenvalue weighted by molar-refractivity contribution is -0.142. The highest BCUT2D eigenvalue weighted by atomic mass is 32.2. The van der Waals surface area contributed by atoms with Crippen molar-refractivity contribution in [3.63, 3.8) is 0 Å². The molecule has 1 rings (SSSR count). The Hall–Kier alpha value is -2.09. The van der Waals surface area contributed by atoms with Gasteiger partial charge in [0.2, 0.25) is 11.8 Å². The van der Waals surface area contributed by atoms with E-state index in [0.717, 1.165) is 11.8 Å². The third kappa shape index (κ3) is 8.02. The summed E-state index contributed by atoms with van der Waals surface area (Å²) in [6.07, 6.45) is 0.337. The van der Waals surface area contributed by atoms with Crippen molar-refractivity contribution >= 4 is 35.2 Å². The van der Waals surface area contributed by atoms with Gasteiger partial charge in [-0.25, -0.2) is 9.18 Å². The number of carbonyl (C=O) groups excluding carboxylic acids is 2. The highest BCUT2D eigenvalue weighted by Crippen LogP contribution is 2.14. The molecule has 3 N–H and O–H groups in total. The van der Waals surface area contributed by atoms with E-state index in [4.69, 9.17) is 5.11 Å². The second-order valence-corrected chi connectivity index (χ2v) is 7.37. The van der Waals surface area contributed by atoms with Gasteiger partial charge in [-0.3, -0.25) is 9.59 Å². The lowest BCUT2D eigenvalue weighted by Crippen LogP contribution is -2.44. The zero-order chi connectivity index (χ0) is 19.0. The fraction of sp³-hybridized carbons (Fsp3) is 0.471. The van der Waals surface area contributed by atoms with Gasteiger partial charge in [0.25, 0.3) is 0 Å². The van der Waals surface area contributed by atoms with Crippen LogP contribution in [0.4, 0.5) is 10.1 Å². The Labute approximate surface area is 150 Å². The predicted molar refractivity (Wildman–Crippen MR) is 96.0 cm³/mol. The molecule has 6 nitrogen and oxygen atoms in total. The Balaban J connectivity index is 2.44. The number of aliphatic carboxylic acids is 1. The van der Waals surface area contributed by atoms with Crippen LogP contribution in [0.25, 0.3) is 0 Å². The van der Waals surface area contributed by atoms with Crippen molar-refractivity contribution in [2.75, 3.05) is 11.1 Å². The summed E-state index contributed by atoms with van der Waals surface area (Å²) in [5, 5.41) is 13.7. The van der Waals surface area contributed by atoms with Crippen LogP contribution >= 0.6 is 11.8 Å². The van der Waals surface area contributed by atoms with Gasteiger partial charge < -0.3 is 15.7 Å². The number of thioether (sulfide) groups is 1. The van der Waals surface area contributed by atoms with Crippen molar-refractivity contribution in [2.45, 2.75) is 38.5 Å². The highest BCUT2D eigenvalue weighted by molar-refractivity contribution is 8.01. The van der Waals surface area contributed by atoms with Gasteiger partial charge in [0.1, 0.15) is 11.9 Å². The minimum absolute atomic E-state index is 0.0217. The quantitative estimate of drug-likeness (QED) is 0.621. The molecule has 138 valence electrons. The van der Waals surface area contributed by atoms with Crippen LogP contribution < -0.4 is 10.6 Å². The highest BCUT2D eigenvalue weighted by Gasteiger charge is 2.24. The molecule has 0 heterocycles. The minimum atomic E-state index is -1.08. The summed E-state index contributed by atoms with van der Waals surface area (Å²) < 4.78 is 12.8. The molecule has 0 saturated carbocycles. The Bertz CT molecular complexity index is 607. The molecule has 2 unspecified atom stereocenters. The number of benzene rings is 1. The topological polar surface area (TPSA) is 95.5 Å². The molecular formula is C17H23FN2O4S. The molecule has 2 amide bonds. The fourth-order valence-electron chi connectivity index (χ4n) is 1.99. The average Bonchev–Trinajstić information content (AvgIpc) is 2.53. The molecule has 0 saturated heterocycles. The second-order valence-electron chi connectivity index (χ2n) is 6.04. The number of rotatable bonds is 9. The van der Waals surface area contributed by atoms with E-state index >= 15 is 0 Å². The number of carboxylic acid groups (broad SMARTS) is 1. The van der Waals surface area contributed by atoms with Gasteiger partial charge in [0.05, 0.1) is 11.0 Å². The normalized spacial score (nSPS) is 13.2. The largest absolute Gasteiger partial charge is 0.480 e. The molecule has 0 fully saturated rings. The van der Waals surface area contributed by atoms with Gasteiger partial charge >= 0.3 is 5.97 Å². The molecule has 2 atom stereocenters. The maximum absolute atomic E-state index is 12.8. The summed E-state index contributed by atoms with van der Waals surface area (Å²) in [5.74, 6) is -2.07. The van der Waals surface area contributed by atoms with E-state index in [1.807, 2.05) is 13.8 Å². The van der Waals surface area contributed by atoms with Gasteiger partial charge in [-0.05, 0) is 43.5 Å². The van der Waals surface area contributed by atoms with Gasteiger partial charge in [0, 0.05) is 5.69 Å². The van der Waals surface area contributed by atoms with Crippen LogP contribution in [0, 0.1) is 11.7 Å². The van der Waals surface area contributed by atoms with Crippen molar-refractivity contribution in [3.05, 3.63) is 30.1 Å². The van der Waals surface area contributed by atoms with Crippen molar-refractivity contribution in [3.8, 4) is 0 Å². The van der Waals surface area contributed by atoms with Gasteiger partial charge in [0.15, 0.2) is 0 Å². The smallest absolute Gasteiger partial charge is 0.326 e. The van der Waals surface area contributed by atoms with Crippen molar-refractivity contribution in [1.82, 2.24) is 5.32 Å². The summed E-state index contributed by atoms with van der Waals surface area (Å²) in [6, 6.07) is 4.41. The first-order valence-electron chi connectivity index (χ1n) is 7.89. The molecular weight excluding hydrogens is 347 g/mol. The van der Waals surface area contributed by atoms with E-state index in [2.05, 4.69) is 10.6 Å². The van der Waals surface area contributed by atoms with E-state index in [0.29, 0.717) is 12.1 Å². The van der Waals surface area contributed by atoms with Crippen molar-refractivity contribution in [1.29, 1.82) is 0 Å². The second kappa shape index (κ2) is 10.0. The fourth-order valence-corrected chi connectivity index (χ4v) is 2.68.